The van der Waals surface area contributed by atoms with Gasteiger partial charge in [-0.2, -0.15) is 0 Å². The fourth-order valence-corrected chi connectivity index (χ4v) is 3.42. The summed E-state index contributed by atoms with van der Waals surface area (Å²) in [6, 6.07) is 16.3. The molecule has 5 heteroatoms. The number of hydrogen-bond donors (Lipinski definition) is 1. The molecule has 25 heavy (non-hydrogen) atoms. The quantitative estimate of drug-likeness (QED) is 0.594. The number of aromatic nitrogens is 3. The summed E-state index contributed by atoms with van der Waals surface area (Å²) >= 11 is 0. The van der Waals surface area contributed by atoms with Gasteiger partial charge in [-0.05, 0) is 37.1 Å². The van der Waals surface area contributed by atoms with Crippen molar-refractivity contribution in [3.8, 4) is 11.3 Å². The molecule has 5 nitrogen and oxygen atoms in total. The molecule has 2 N–H and O–H groups in total. The van der Waals surface area contributed by atoms with Crippen LogP contribution in [0.4, 0.5) is 5.82 Å². The number of anilines is 1. The van der Waals surface area contributed by atoms with Crippen LogP contribution in [0.5, 0.6) is 0 Å². The molecule has 0 amide bonds. The molecule has 1 aromatic carbocycles. The van der Waals surface area contributed by atoms with Gasteiger partial charge in [0, 0.05) is 0 Å². The molecule has 126 valence electrons. The van der Waals surface area contributed by atoms with Crippen molar-refractivity contribution in [2.24, 2.45) is 0 Å². The highest BCUT2D eigenvalue weighted by atomic mass is 16.3. The Morgan fingerprint density at radius 3 is 2.60 bits per heavy atom. The van der Waals surface area contributed by atoms with Crippen LogP contribution in [0.2, 0.25) is 0 Å². The summed E-state index contributed by atoms with van der Waals surface area (Å²) in [6.45, 7) is 4.00. The smallest absolute Gasteiger partial charge is 0.151 e. The highest BCUT2D eigenvalue weighted by molar-refractivity contribution is 5.91. The maximum absolute atomic E-state index is 6.29. The average molecular weight is 332 g/mol. The maximum atomic E-state index is 6.29. The van der Waals surface area contributed by atoms with Crippen LogP contribution in [0.15, 0.2) is 59.2 Å². The van der Waals surface area contributed by atoms with Crippen molar-refractivity contribution in [1.82, 2.24) is 14.5 Å². The molecule has 0 fully saturated rings. The minimum absolute atomic E-state index is 0.0244. The van der Waals surface area contributed by atoms with E-state index in [-0.39, 0.29) is 6.04 Å². The molecule has 4 rings (SSSR count). The summed E-state index contributed by atoms with van der Waals surface area (Å²) in [5.74, 6) is 2.07. The number of nitrogens with zero attached hydrogens (tertiary/aromatic N) is 3. The van der Waals surface area contributed by atoms with Crippen molar-refractivity contribution < 1.29 is 4.42 Å². The van der Waals surface area contributed by atoms with Gasteiger partial charge in [-0.3, -0.25) is 0 Å². The van der Waals surface area contributed by atoms with Crippen LogP contribution in [-0.4, -0.2) is 14.5 Å². The van der Waals surface area contributed by atoms with Gasteiger partial charge in [-0.15, -0.1) is 0 Å². The van der Waals surface area contributed by atoms with Gasteiger partial charge in [-0.25, -0.2) is 9.97 Å². The second-order valence-corrected chi connectivity index (χ2v) is 6.09. The molecular weight excluding hydrogens is 312 g/mol. The second kappa shape index (κ2) is 6.09. The second-order valence-electron chi connectivity index (χ2n) is 6.09. The molecule has 3 heterocycles. The lowest BCUT2D eigenvalue weighted by atomic mass is 10.1. The highest BCUT2D eigenvalue weighted by Gasteiger charge is 2.23. The van der Waals surface area contributed by atoms with Crippen LogP contribution in [-0.2, 0) is 0 Å². The fraction of sp³-hybridized carbons (Fsp3) is 0.200. The summed E-state index contributed by atoms with van der Waals surface area (Å²) in [6.07, 6.45) is 2.57. The zero-order chi connectivity index (χ0) is 17.4. The van der Waals surface area contributed by atoms with Gasteiger partial charge in [0.15, 0.2) is 5.82 Å². The monoisotopic (exact) mass is 332 g/mol. The Hall–Kier alpha value is -3.08. The molecule has 1 unspecified atom stereocenters. The van der Waals surface area contributed by atoms with Crippen LogP contribution in [0.25, 0.3) is 22.3 Å². The average Bonchev–Trinajstić information content (AvgIpc) is 3.25. The summed E-state index contributed by atoms with van der Waals surface area (Å²) in [7, 11) is 0. The van der Waals surface area contributed by atoms with Crippen LogP contribution >= 0.6 is 0 Å². The highest BCUT2D eigenvalue weighted by Crippen LogP contribution is 2.36. The largest absolute Gasteiger partial charge is 0.467 e. The molecule has 0 aliphatic rings. The number of nitrogen functional groups attached to an aromatic ring is 1. The van der Waals surface area contributed by atoms with E-state index in [0.29, 0.717) is 11.6 Å². The lowest BCUT2D eigenvalue weighted by molar-refractivity contribution is 0.428. The van der Waals surface area contributed by atoms with Crippen molar-refractivity contribution in [1.29, 1.82) is 0 Å². The van der Waals surface area contributed by atoms with Gasteiger partial charge in [0.2, 0.25) is 0 Å². The molecule has 0 bridgehead atoms. The third kappa shape index (κ3) is 2.58. The van der Waals surface area contributed by atoms with Crippen molar-refractivity contribution in [2.75, 3.05) is 5.73 Å². The molecule has 3 aromatic heterocycles. The van der Waals surface area contributed by atoms with Crippen LogP contribution in [0.1, 0.15) is 31.0 Å². The fourth-order valence-electron chi connectivity index (χ4n) is 3.42. The number of nitrogens with two attached hydrogens (primary N) is 1. The number of furan rings is 1. The third-order valence-corrected chi connectivity index (χ3v) is 4.46. The molecule has 1 atom stereocenters. The first-order chi connectivity index (χ1) is 12.2. The molecule has 0 aliphatic carbocycles. The van der Waals surface area contributed by atoms with Crippen molar-refractivity contribution in [3.63, 3.8) is 0 Å². The maximum Gasteiger partial charge on any atom is 0.151 e. The molecular formula is C20H20N4O. The Balaban J connectivity index is 2.06. The van der Waals surface area contributed by atoms with E-state index < -0.39 is 0 Å². The number of aryl methyl sites for hydroxylation is 1. The summed E-state index contributed by atoms with van der Waals surface area (Å²) in [5.41, 5.74) is 10.2. The van der Waals surface area contributed by atoms with Gasteiger partial charge >= 0.3 is 0 Å². The van der Waals surface area contributed by atoms with Crippen molar-refractivity contribution in [2.45, 2.75) is 26.3 Å². The van der Waals surface area contributed by atoms with Gasteiger partial charge in [0.05, 0.1) is 23.5 Å². The lowest BCUT2D eigenvalue weighted by Gasteiger charge is -2.20. The van der Waals surface area contributed by atoms with Gasteiger partial charge < -0.3 is 14.7 Å². The summed E-state index contributed by atoms with van der Waals surface area (Å²) in [5, 5.41) is 0. The Morgan fingerprint density at radius 2 is 1.92 bits per heavy atom. The number of benzene rings is 1. The normalized spacial score (nSPS) is 12.6. The zero-order valence-corrected chi connectivity index (χ0v) is 14.3. The number of hydrogen-bond acceptors (Lipinski definition) is 4. The van der Waals surface area contributed by atoms with E-state index in [9.17, 15) is 0 Å². The topological polar surface area (TPSA) is 69.9 Å². The Kier molecular flexibility index (Phi) is 3.76. The first-order valence-corrected chi connectivity index (χ1v) is 8.43. The Bertz CT molecular complexity index is 1000. The molecule has 4 aromatic rings. The van der Waals surface area contributed by atoms with Crippen LogP contribution in [0, 0.1) is 6.92 Å². The first-order valence-electron chi connectivity index (χ1n) is 8.43. The molecule has 0 spiro atoms. The molecule has 0 saturated carbocycles. The lowest BCUT2D eigenvalue weighted by Crippen LogP contribution is -2.12. The van der Waals surface area contributed by atoms with E-state index in [1.807, 2.05) is 37.3 Å². The summed E-state index contributed by atoms with van der Waals surface area (Å²) < 4.78 is 7.92. The molecule has 0 aliphatic heterocycles. The number of rotatable bonds is 4. The van der Waals surface area contributed by atoms with Crippen LogP contribution in [0.3, 0.4) is 0 Å². The van der Waals surface area contributed by atoms with E-state index in [0.717, 1.165) is 34.5 Å². The predicted molar refractivity (Wildman–Crippen MR) is 99.3 cm³/mol. The van der Waals surface area contributed by atoms with Gasteiger partial charge in [0.25, 0.3) is 0 Å². The van der Waals surface area contributed by atoms with E-state index in [1.165, 1.54) is 0 Å². The first kappa shape index (κ1) is 15.4. The zero-order valence-electron chi connectivity index (χ0n) is 14.3. The standard InChI is InChI=1S/C20H20N4O/c1-3-16(18-10-7-11-25-18)24-17(14-8-5-4-6-9-14)12-15-19(24)20(21)23-13(2)22-15/h4-12,16H,3H2,1-2H3,(H2,21,22,23). The van der Waals surface area contributed by atoms with E-state index in [2.05, 4.69) is 39.7 Å². The number of fused-ring (bicyclic) bond motifs is 1. The van der Waals surface area contributed by atoms with Crippen LogP contribution < -0.4 is 5.73 Å². The van der Waals surface area contributed by atoms with E-state index in [1.54, 1.807) is 6.26 Å². The van der Waals surface area contributed by atoms with Crippen molar-refractivity contribution >= 4 is 16.9 Å². The Labute approximate surface area is 146 Å². The SMILES string of the molecule is CCC(c1ccco1)n1c(-c2ccccc2)cc2nc(C)nc(N)c21. The minimum Gasteiger partial charge on any atom is -0.467 e. The van der Waals surface area contributed by atoms with Crippen molar-refractivity contribution in [3.05, 3.63) is 66.4 Å². The predicted octanol–water partition coefficient (Wildman–Crippen LogP) is 4.58. The van der Waals surface area contributed by atoms with E-state index >= 15 is 0 Å². The Morgan fingerprint density at radius 1 is 1.12 bits per heavy atom. The minimum atomic E-state index is 0.0244. The van der Waals surface area contributed by atoms with Gasteiger partial charge in [0.1, 0.15) is 17.1 Å². The van der Waals surface area contributed by atoms with Gasteiger partial charge in [-0.1, -0.05) is 37.3 Å². The van der Waals surface area contributed by atoms with E-state index in [4.69, 9.17) is 10.2 Å². The third-order valence-electron chi connectivity index (χ3n) is 4.46. The summed E-state index contributed by atoms with van der Waals surface area (Å²) in [4.78, 5) is 8.98. The molecule has 0 saturated heterocycles. The molecule has 0 radical (unpaired) electrons.